The summed E-state index contributed by atoms with van der Waals surface area (Å²) in [5.41, 5.74) is -4.36. The number of esters is 1. The lowest BCUT2D eigenvalue weighted by atomic mass is 9.83. The average Bonchev–Trinajstić information content (AvgIpc) is 3.47. The predicted molar refractivity (Wildman–Crippen MR) is 136 cm³/mol. The predicted octanol–water partition coefficient (Wildman–Crippen LogP) is 5.32. The highest BCUT2D eigenvalue weighted by Gasteiger charge is 2.62. The Balaban J connectivity index is 1.75. The summed E-state index contributed by atoms with van der Waals surface area (Å²) in [4.78, 5) is 18.7. The van der Waals surface area contributed by atoms with E-state index in [1.807, 2.05) is 0 Å². The zero-order chi connectivity index (χ0) is 31.3. The molecule has 1 unspecified atom stereocenters. The zero-order valence-electron chi connectivity index (χ0n) is 21.7. The van der Waals surface area contributed by atoms with Crippen LogP contribution in [0.1, 0.15) is 17.7 Å². The molecule has 0 saturated heterocycles. The quantitative estimate of drug-likeness (QED) is 0.127. The molecule has 0 aliphatic heterocycles. The zero-order valence-corrected chi connectivity index (χ0v) is 22.4. The number of hydrogen-bond donors (Lipinski definition) is 1. The van der Waals surface area contributed by atoms with Gasteiger partial charge in [-0.3, -0.25) is 9.78 Å². The second-order valence-electron chi connectivity index (χ2n) is 9.00. The molecule has 0 aliphatic carbocycles. The second kappa shape index (κ2) is 12.9. The molecule has 4 rings (SSSR count). The Morgan fingerprint density at radius 1 is 0.977 bits per heavy atom. The van der Waals surface area contributed by atoms with Crippen molar-refractivity contribution in [3.8, 4) is 16.9 Å². The average molecular weight is 633 g/mol. The van der Waals surface area contributed by atoms with Gasteiger partial charge in [0.2, 0.25) is 5.60 Å². The third-order valence-corrected chi connectivity index (χ3v) is 6.23. The Hall–Kier alpha value is -4.31. The van der Waals surface area contributed by atoms with Crippen LogP contribution in [0.4, 0.5) is 30.7 Å². The highest BCUT2D eigenvalue weighted by molar-refractivity contribution is 6.13. The first kappa shape index (κ1) is 31.6. The molecular formula is C26H20ClF7N6O3. The summed E-state index contributed by atoms with van der Waals surface area (Å²) in [6.07, 6.45) is -3.07. The van der Waals surface area contributed by atoms with E-state index < -0.39 is 66.1 Å². The molecule has 0 saturated carbocycles. The molecule has 0 bridgehead atoms. The fourth-order valence-corrected chi connectivity index (χ4v) is 4.16. The van der Waals surface area contributed by atoms with Crippen molar-refractivity contribution in [1.29, 1.82) is 0 Å². The van der Waals surface area contributed by atoms with Crippen molar-refractivity contribution < 1.29 is 45.0 Å². The van der Waals surface area contributed by atoms with Gasteiger partial charge in [-0.05, 0) is 58.1 Å². The summed E-state index contributed by atoms with van der Waals surface area (Å²) in [5.74, 6) is -8.10. The van der Waals surface area contributed by atoms with Crippen LogP contribution in [0.25, 0.3) is 11.1 Å². The normalized spacial score (nSPS) is 13.4. The van der Waals surface area contributed by atoms with E-state index in [0.717, 1.165) is 29.3 Å². The van der Waals surface area contributed by atoms with Gasteiger partial charge in [0, 0.05) is 29.9 Å². The van der Waals surface area contributed by atoms with Gasteiger partial charge in [-0.15, -0.1) is 5.10 Å². The van der Waals surface area contributed by atoms with Crippen LogP contribution < -0.4 is 9.57 Å². The summed E-state index contributed by atoms with van der Waals surface area (Å²) in [5, 5.41) is 10.3. The molecule has 17 heteroatoms. The number of ether oxygens (including phenoxy) is 2. The largest absolute Gasteiger partial charge is 0.484 e. The molecule has 0 radical (unpaired) electrons. The van der Waals surface area contributed by atoms with Gasteiger partial charge in [0.05, 0.1) is 13.0 Å². The summed E-state index contributed by atoms with van der Waals surface area (Å²) in [6.45, 7) is -2.70. The number of halogens is 8. The molecule has 228 valence electrons. The first-order valence-electron chi connectivity index (χ1n) is 12.2. The molecule has 1 N–H and O–H groups in total. The topological polar surface area (TPSA) is 104 Å². The van der Waals surface area contributed by atoms with Crippen LogP contribution in [0.5, 0.6) is 5.75 Å². The minimum absolute atomic E-state index is 0.0721. The monoisotopic (exact) mass is 632 g/mol. The van der Waals surface area contributed by atoms with Gasteiger partial charge in [-0.25, -0.2) is 18.3 Å². The maximum atomic E-state index is 16.7. The maximum absolute atomic E-state index is 16.7. The Kier molecular flexibility index (Phi) is 9.49. The van der Waals surface area contributed by atoms with Gasteiger partial charge in [-0.2, -0.15) is 22.0 Å². The summed E-state index contributed by atoms with van der Waals surface area (Å²) >= 11 is 5.38. The van der Waals surface area contributed by atoms with Crippen LogP contribution in [0.2, 0.25) is 0 Å². The highest BCUT2D eigenvalue weighted by atomic mass is 35.5. The molecule has 0 aliphatic rings. The standard InChI is InChI=1S/C26H20ClF7N6O3/c27-36-10-9-23(41)43-24(13-40-15-37-38-39-40,20-7-4-18(28)11-21(20)29)26(33,34)22-8-3-17(12-35-22)16-1-5-19(6-2-16)42-14-25(30,31)32/h1-8,11-12,15,36H,9-10,13-14H2. The Bertz CT molecular complexity index is 1520. The highest BCUT2D eigenvalue weighted by Crippen LogP contribution is 2.50. The first-order valence-corrected chi connectivity index (χ1v) is 12.6. The van der Waals surface area contributed by atoms with Crippen LogP contribution in [-0.2, 0) is 27.6 Å². The molecule has 2 heterocycles. The lowest BCUT2D eigenvalue weighted by Crippen LogP contribution is -2.51. The number of alkyl halides is 5. The second-order valence-corrected chi connectivity index (χ2v) is 9.27. The van der Waals surface area contributed by atoms with Crippen LogP contribution in [0.3, 0.4) is 0 Å². The van der Waals surface area contributed by atoms with Crippen molar-refractivity contribution >= 4 is 17.7 Å². The molecule has 0 fully saturated rings. The van der Waals surface area contributed by atoms with Crippen molar-refractivity contribution in [2.24, 2.45) is 0 Å². The maximum Gasteiger partial charge on any atom is 0.422 e. The number of nitrogens with one attached hydrogen (secondary N) is 1. The molecule has 1 atom stereocenters. The number of rotatable bonds is 12. The third kappa shape index (κ3) is 7.37. The van der Waals surface area contributed by atoms with Gasteiger partial charge in [0.1, 0.15) is 29.4 Å². The van der Waals surface area contributed by atoms with Crippen molar-refractivity contribution in [3.05, 3.63) is 90.0 Å². The number of hydrogen-bond acceptors (Lipinski definition) is 8. The van der Waals surface area contributed by atoms with E-state index in [9.17, 15) is 22.4 Å². The fourth-order valence-electron chi connectivity index (χ4n) is 4.06. The van der Waals surface area contributed by atoms with E-state index in [-0.39, 0.29) is 17.9 Å². The summed E-state index contributed by atoms with van der Waals surface area (Å²) in [7, 11) is 0. The number of pyridine rings is 1. The number of tetrazole rings is 1. The fraction of sp³-hybridized carbons (Fsp3) is 0.269. The van der Waals surface area contributed by atoms with Gasteiger partial charge in [-0.1, -0.05) is 18.2 Å². The number of nitrogens with zero attached hydrogens (tertiary/aromatic N) is 5. The van der Waals surface area contributed by atoms with Crippen LogP contribution in [-0.4, -0.2) is 50.5 Å². The molecule has 43 heavy (non-hydrogen) atoms. The summed E-state index contributed by atoms with van der Waals surface area (Å²) < 4.78 is 110. The molecular weight excluding hydrogens is 613 g/mol. The van der Waals surface area contributed by atoms with Gasteiger partial charge in [0.25, 0.3) is 0 Å². The van der Waals surface area contributed by atoms with Gasteiger partial charge in [0.15, 0.2) is 6.61 Å². The van der Waals surface area contributed by atoms with Gasteiger partial charge >= 0.3 is 18.1 Å². The van der Waals surface area contributed by atoms with E-state index in [4.69, 9.17) is 16.5 Å². The smallest absolute Gasteiger partial charge is 0.422 e. The van der Waals surface area contributed by atoms with E-state index in [1.165, 1.54) is 30.3 Å². The van der Waals surface area contributed by atoms with Crippen molar-refractivity contribution in [3.63, 3.8) is 0 Å². The van der Waals surface area contributed by atoms with Crippen LogP contribution in [0.15, 0.2) is 67.1 Å². The van der Waals surface area contributed by atoms with E-state index in [2.05, 4.69) is 30.1 Å². The Morgan fingerprint density at radius 3 is 2.28 bits per heavy atom. The lowest BCUT2D eigenvalue weighted by Gasteiger charge is -2.39. The van der Waals surface area contributed by atoms with Crippen molar-refractivity contribution in [2.45, 2.75) is 30.7 Å². The molecule has 2 aromatic heterocycles. The molecule has 0 amide bonds. The molecule has 4 aromatic rings. The first-order chi connectivity index (χ1) is 20.3. The number of aromatic nitrogens is 5. The Labute approximate surface area is 243 Å². The molecule has 9 nitrogen and oxygen atoms in total. The van der Waals surface area contributed by atoms with Crippen molar-refractivity contribution in [1.82, 2.24) is 30.0 Å². The summed E-state index contributed by atoms with van der Waals surface area (Å²) in [6, 6.07) is 9.21. The minimum atomic E-state index is -4.53. The van der Waals surface area contributed by atoms with Crippen LogP contribution in [0, 0.1) is 11.6 Å². The lowest BCUT2D eigenvalue weighted by molar-refractivity contribution is -0.232. The van der Waals surface area contributed by atoms with Crippen molar-refractivity contribution in [2.75, 3.05) is 13.2 Å². The SMILES string of the molecule is O=C(CCNCl)OC(Cn1cnnn1)(c1ccc(F)cc1F)C(F)(F)c1ccc(-c2ccc(OCC(F)(F)F)cc2)cn1. The third-order valence-electron chi connectivity index (χ3n) is 6.04. The molecule has 2 aromatic carbocycles. The van der Waals surface area contributed by atoms with E-state index >= 15 is 13.2 Å². The number of carbonyl (C=O) groups excluding carboxylic acids is 1. The van der Waals surface area contributed by atoms with Gasteiger partial charge < -0.3 is 9.47 Å². The minimum Gasteiger partial charge on any atom is -0.484 e. The number of carbonyl (C=O) groups is 1. The number of benzene rings is 2. The van der Waals surface area contributed by atoms with Crippen LogP contribution >= 0.6 is 11.8 Å². The molecule has 0 spiro atoms. The Morgan fingerprint density at radius 2 is 1.70 bits per heavy atom. The van der Waals surface area contributed by atoms with E-state index in [0.29, 0.717) is 17.7 Å². The van der Waals surface area contributed by atoms with E-state index in [1.54, 1.807) is 0 Å².